The smallest absolute Gasteiger partial charge is 0.407 e. The Hall–Kier alpha value is -8.75. The second kappa shape index (κ2) is 27.4. The third-order valence-electron chi connectivity index (χ3n) is 15.1. The van der Waals surface area contributed by atoms with Gasteiger partial charge in [0.05, 0.1) is 13.7 Å². The van der Waals surface area contributed by atoms with Crippen LogP contribution in [0.2, 0.25) is 0 Å². The van der Waals surface area contributed by atoms with Crippen LogP contribution in [0.15, 0.2) is 140 Å². The van der Waals surface area contributed by atoms with E-state index >= 15 is 28.8 Å². The molecule has 0 spiro atoms. The van der Waals surface area contributed by atoms with Crippen molar-refractivity contribution >= 4 is 52.4 Å². The number of rotatable bonds is 16. The number of nitrogens with one attached hydrogen (secondary N) is 8. The molecule has 3 fully saturated rings. The summed E-state index contributed by atoms with van der Waals surface area (Å²) in [7, 11) is 1.52. The fraction of sp³-hybridized carbons (Fsp3) is 0.361. The maximum Gasteiger partial charge on any atom is 0.407 e. The summed E-state index contributed by atoms with van der Waals surface area (Å²) in [6.07, 6.45) is 1.20. The molecule has 0 unspecified atom stereocenters. The van der Waals surface area contributed by atoms with E-state index in [0.717, 1.165) is 16.5 Å². The fourth-order valence-corrected chi connectivity index (χ4v) is 10.7. The van der Waals surface area contributed by atoms with Gasteiger partial charge in [0, 0.05) is 55.9 Å². The lowest BCUT2D eigenvalue weighted by atomic mass is 9.90. The normalized spacial score (nSPS) is 22.4. The van der Waals surface area contributed by atoms with Crippen LogP contribution >= 0.6 is 0 Å². The molecule has 3 aliphatic rings. The first-order valence-electron chi connectivity index (χ1n) is 27.6. The van der Waals surface area contributed by atoms with Gasteiger partial charge < -0.3 is 67.0 Å². The molecule has 0 radical (unpaired) electrons. The molecule has 6 aromatic rings. The minimum absolute atomic E-state index is 0.00496. The molecular weight excluding hydrogens is 1030 g/mol. The van der Waals surface area contributed by atoms with Gasteiger partial charge >= 0.3 is 6.09 Å². The van der Waals surface area contributed by atoms with Gasteiger partial charge in [0.25, 0.3) is 0 Å². The van der Waals surface area contributed by atoms with Gasteiger partial charge in [-0.3, -0.25) is 28.8 Å². The molecule has 4 heterocycles. The van der Waals surface area contributed by atoms with Crippen LogP contribution in [-0.2, 0) is 59.4 Å². The molecule has 0 aliphatic carbocycles. The molecule has 424 valence electrons. The number of hydrogen-bond acceptors (Lipinski definition) is 12. The van der Waals surface area contributed by atoms with E-state index in [9.17, 15) is 4.79 Å². The van der Waals surface area contributed by atoms with E-state index in [0.29, 0.717) is 66.3 Å². The van der Waals surface area contributed by atoms with Gasteiger partial charge in [-0.05, 0) is 96.4 Å². The number of alkyl carbamates (subject to hydrolysis) is 1. The van der Waals surface area contributed by atoms with E-state index in [1.807, 2.05) is 54.6 Å². The number of carbonyl (C=O) groups excluding carboxylic acids is 7. The van der Waals surface area contributed by atoms with Crippen LogP contribution in [0.4, 0.5) is 4.79 Å². The van der Waals surface area contributed by atoms with Crippen molar-refractivity contribution in [1.82, 2.24) is 47.1 Å². The largest absolute Gasteiger partial charge is 0.497 e. The number of methoxy groups -OCH3 is 1. The van der Waals surface area contributed by atoms with E-state index < -0.39 is 83.9 Å². The zero-order valence-electron chi connectivity index (χ0n) is 45.2. The number of ether oxygens (including phenoxy) is 3. The van der Waals surface area contributed by atoms with Crippen molar-refractivity contribution in [3.8, 4) is 11.5 Å². The molecule has 10 N–H and O–H groups in total. The molecule has 81 heavy (non-hydrogen) atoms. The first-order chi connectivity index (χ1) is 39.4. The number of carbonyl (C=O) groups is 7. The standard InChI is InChI=1S/C61H70N10O10/c1-79-44-20-16-39(17-21-44)32-52-60(77)71-36-46(81-61(78)64-29-26-62)34-53(71)58(75)70-54(42-12-6-3-7-13-42)59(76)68-51(33-43-35-65-48-15-9-8-14-47(43)48)57(74)67-50(31-40-24-27-63-28-25-40)55(72)66-49(56(73)69-52)30-38-18-22-45(23-19-38)80-37-41-10-4-2-5-11-41/h2-23,35,40,46,49-54,63,65H,24-34,36-37,62H2,1H3,(H,64,78)(H,66,72)(H,67,74)(H,68,76)(H,69,73)(H,70,75)/t46-,49+,50+,51-,52+,53+,54+/m1/s1. The van der Waals surface area contributed by atoms with Crippen molar-refractivity contribution in [1.29, 1.82) is 0 Å². The maximum atomic E-state index is 15.5. The van der Waals surface area contributed by atoms with Gasteiger partial charge in [0.1, 0.15) is 60.5 Å². The number of benzene rings is 5. The average Bonchev–Trinajstić information content (AvgIpc) is 4.12. The first kappa shape index (κ1) is 57.0. The lowest BCUT2D eigenvalue weighted by Gasteiger charge is -2.32. The number of aromatic amines is 1. The molecule has 0 saturated carbocycles. The number of para-hydroxylation sites is 1. The number of aromatic nitrogens is 1. The molecule has 20 heteroatoms. The van der Waals surface area contributed by atoms with E-state index in [2.05, 4.69) is 42.2 Å². The Labute approximate surface area is 470 Å². The summed E-state index contributed by atoms with van der Waals surface area (Å²) in [5, 5.41) is 21.5. The second-order valence-corrected chi connectivity index (χ2v) is 20.7. The quantitative estimate of drug-likeness (QED) is 0.0673. The van der Waals surface area contributed by atoms with Gasteiger partial charge in [-0.2, -0.15) is 0 Å². The Bertz CT molecular complexity index is 3120. The predicted molar refractivity (Wildman–Crippen MR) is 302 cm³/mol. The molecule has 20 nitrogen and oxygen atoms in total. The van der Waals surface area contributed by atoms with Crippen LogP contribution in [0.1, 0.15) is 59.5 Å². The SMILES string of the molecule is COc1ccc(C[C@@H]2NC(=O)[C@H](Cc3ccc(OCc4ccccc4)cc3)NC(=O)[C@H](CC3CCNCC3)NC(=O)[C@@H](Cc3c[nH]c4ccccc34)NC(=O)[C@H](c3ccccc3)NC(=O)[C@@H]3C[C@@H](OC(=O)NCCN)CN3C2=O)cc1. The highest BCUT2D eigenvalue weighted by molar-refractivity contribution is 5.99. The zero-order valence-corrected chi connectivity index (χ0v) is 45.2. The number of nitrogens with zero attached hydrogens (tertiary/aromatic N) is 1. The van der Waals surface area contributed by atoms with Crippen LogP contribution < -0.4 is 52.4 Å². The highest BCUT2D eigenvalue weighted by atomic mass is 16.6. The summed E-state index contributed by atoms with van der Waals surface area (Å²) >= 11 is 0. The average molecular weight is 1100 g/mol. The molecule has 3 aliphatic heterocycles. The molecule has 3 saturated heterocycles. The Morgan fingerprint density at radius 1 is 0.630 bits per heavy atom. The first-order valence-corrected chi connectivity index (χ1v) is 27.6. The number of fused-ring (bicyclic) bond motifs is 2. The van der Waals surface area contributed by atoms with Crippen LogP contribution in [0, 0.1) is 5.92 Å². The number of piperidine rings is 1. The van der Waals surface area contributed by atoms with Crippen molar-refractivity contribution in [2.75, 3.05) is 39.8 Å². The second-order valence-electron chi connectivity index (χ2n) is 20.7. The number of amides is 7. The van der Waals surface area contributed by atoms with E-state index in [1.165, 1.54) is 12.0 Å². The summed E-state index contributed by atoms with van der Waals surface area (Å²) in [6, 6.07) is 31.7. The monoisotopic (exact) mass is 1100 g/mol. The van der Waals surface area contributed by atoms with Crippen LogP contribution in [0.5, 0.6) is 11.5 Å². The van der Waals surface area contributed by atoms with Gasteiger partial charge in [-0.15, -0.1) is 0 Å². The maximum absolute atomic E-state index is 15.5. The lowest BCUT2D eigenvalue weighted by molar-refractivity contribution is -0.143. The predicted octanol–water partition coefficient (Wildman–Crippen LogP) is 3.64. The fourth-order valence-electron chi connectivity index (χ4n) is 10.7. The summed E-state index contributed by atoms with van der Waals surface area (Å²) in [4.78, 5) is 109. The van der Waals surface area contributed by atoms with E-state index in [4.69, 9.17) is 19.9 Å². The van der Waals surface area contributed by atoms with Crippen molar-refractivity contribution in [3.63, 3.8) is 0 Å². The number of H-pyrrole nitrogens is 1. The minimum atomic E-state index is -1.42. The highest BCUT2D eigenvalue weighted by Gasteiger charge is 2.45. The molecule has 0 bridgehead atoms. The topological polar surface area (TPSA) is 276 Å². The van der Waals surface area contributed by atoms with Gasteiger partial charge in [0.15, 0.2) is 0 Å². The third kappa shape index (κ3) is 15.1. The Morgan fingerprint density at radius 3 is 1.91 bits per heavy atom. The molecule has 7 amide bonds. The Morgan fingerprint density at radius 2 is 1.22 bits per heavy atom. The Balaban J connectivity index is 1.12. The highest BCUT2D eigenvalue weighted by Crippen LogP contribution is 2.27. The summed E-state index contributed by atoms with van der Waals surface area (Å²) < 4.78 is 17.3. The number of hydrogen-bond donors (Lipinski definition) is 9. The molecule has 5 aromatic carbocycles. The van der Waals surface area contributed by atoms with Crippen molar-refractivity contribution in [2.24, 2.45) is 11.7 Å². The van der Waals surface area contributed by atoms with E-state index in [-0.39, 0.29) is 57.7 Å². The zero-order chi connectivity index (χ0) is 56.7. The lowest BCUT2D eigenvalue weighted by Crippen LogP contribution is -2.61. The third-order valence-corrected chi connectivity index (χ3v) is 15.1. The minimum Gasteiger partial charge on any atom is -0.497 e. The molecular formula is C61H70N10O10. The van der Waals surface area contributed by atoms with Crippen molar-refractivity contribution in [3.05, 3.63) is 167 Å². The summed E-state index contributed by atoms with van der Waals surface area (Å²) in [6.45, 7) is 1.68. The summed E-state index contributed by atoms with van der Waals surface area (Å²) in [5.41, 5.74) is 9.75. The van der Waals surface area contributed by atoms with Crippen molar-refractivity contribution in [2.45, 2.75) is 93.9 Å². The summed E-state index contributed by atoms with van der Waals surface area (Å²) in [5.74, 6) is -3.15. The molecule has 9 rings (SSSR count). The van der Waals surface area contributed by atoms with Crippen LogP contribution in [0.3, 0.4) is 0 Å². The van der Waals surface area contributed by atoms with Gasteiger partial charge in [0.2, 0.25) is 35.4 Å². The van der Waals surface area contributed by atoms with Crippen molar-refractivity contribution < 1.29 is 47.8 Å². The van der Waals surface area contributed by atoms with Crippen LogP contribution in [-0.4, -0.2) is 128 Å². The number of nitrogens with two attached hydrogens (primary N) is 1. The molecule has 7 atom stereocenters. The molecule has 1 aromatic heterocycles. The van der Waals surface area contributed by atoms with Crippen LogP contribution in [0.25, 0.3) is 10.9 Å². The van der Waals surface area contributed by atoms with E-state index in [1.54, 1.807) is 85.1 Å². The van der Waals surface area contributed by atoms with Gasteiger partial charge in [-0.25, -0.2) is 4.79 Å². The Kier molecular flexibility index (Phi) is 19.3. The van der Waals surface area contributed by atoms with Gasteiger partial charge in [-0.1, -0.05) is 103 Å².